The normalized spacial score (nSPS) is 14.1. The Labute approximate surface area is 328 Å². The molecule has 0 spiro atoms. The highest BCUT2D eigenvalue weighted by atomic mass is 31.2. The molecule has 3 atom stereocenters. The van der Waals surface area contributed by atoms with Crippen molar-refractivity contribution in [2.45, 2.75) is 244 Å². The van der Waals surface area contributed by atoms with Crippen LogP contribution in [0.3, 0.4) is 0 Å². The molecular formula is C44H89N2O6P. The summed E-state index contributed by atoms with van der Waals surface area (Å²) in [5, 5.41) is 13.6. The lowest BCUT2D eigenvalue weighted by atomic mass is 10.0. The van der Waals surface area contributed by atoms with Gasteiger partial charge >= 0.3 is 0 Å². The van der Waals surface area contributed by atoms with Crippen LogP contribution in [0.1, 0.15) is 232 Å². The van der Waals surface area contributed by atoms with Crippen LogP contribution in [0.25, 0.3) is 0 Å². The number of carbonyl (C=O) groups excluding carboxylic acids is 1. The SMILES string of the molecule is CCCCCCCCCCCCC/C=C/[C@@H](O)[C@H](COP(=O)([O-])OCC[NH3+])NC(=O)CCCCCCCCCCCCCCCCCCCCCCC. The van der Waals surface area contributed by atoms with Gasteiger partial charge in [0.15, 0.2) is 0 Å². The van der Waals surface area contributed by atoms with Crippen molar-refractivity contribution in [3.05, 3.63) is 12.2 Å². The van der Waals surface area contributed by atoms with Gasteiger partial charge in [-0.2, -0.15) is 0 Å². The molecule has 0 aromatic rings. The highest BCUT2D eigenvalue weighted by Crippen LogP contribution is 2.38. The summed E-state index contributed by atoms with van der Waals surface area (Å²) in [6, 6.07) is -0.878. The van der Waals surface area contributed by atoms with Gasteiger partial charge in [-0.3, -0.25) is 9.36 Å². The quantitative estimate of drug-likeness (QED) is 0.0321. The van der Waals surface area contributed by atoms with E-state index in [1.165, 1.54) is 173 Å². The molecule has 0 rings (SSSR count). The fraction of sp³-hybridized carbons (Fsp3) is 0.932. The Bertz CT molecular complexity index is 845. The fourth-order valence-corrected chi connectivity index (χ4v) is 7.67. The van der Waals surface area contributed by atoms with Crippen LogP contribution in [0.2, 0.25) is 0 Å². The standard InChI is InChI=1S/C44H89N2O6P/c1-3-5-7-9-11-13-15-17-18-19-20-21-22-23-24-26-28-30-32-34-36-38-44(48)46-42(41-52-53(49,50)51-40-39-45)43(47)37-35-33-31-29-27-25-16-14-12-10-8-6-4-2/h35,37,42-43,47H,3-34,36,38-41,45H2,1-2H3,(H,46,48)(H,49,50)/b37-35+/t42-,43+/m0/s1. The lowest BCUT2D eigenvalue weighted by molar-refractivity contribution is -0.373. The second kappa shape index (κ2) is 40.9. The lowest BCUT2D eigenvalue weighted by Gasteiger charge is -2.27. The first-order chi connectivity index (χ1) is 25.9. The number of phosphoric ester groups is 1. The first-order valence-corrected chi connectivity index (χ1v) is 24.4. The first-order valence-electron chi connectivity index (χ1n) is 22.9. The Morgan fingerprint density at radius 3 is 1.36 bits per heavy atom. The Morgan fingerprint density at radius 2 is 0.981 bits per heavy atom. The van der Waals surface area contributed by atoms with Crippen molar-refractivity contribution in [2.24, 2.45) is 0 Å². The van der Waals surface area contributed by atoms with Gasteiger partial charge in [-0.25, -0.2) is 0 Å². The molecule has 0 heterocycles. The monoisotopic (exact) mass is 773 g/mol. The van der Waals surface area contributed by atoms with Gasteiger partial charge in [-0.05, 0) is 19.3 Å². The van der Waals surface area contributed by atoms with Crippen LogP contribution >= 0.6 is 7.82 Å². The Morgan fingerprint density at radius 1 is 0.623 bits per heavy atom. The zero-order chi connectivity index (χ0) is 38.9. The topological polar surface area (TPSA) is 136 Å². The summed E-state index contributed by atoms with van der Waals surface area (Å²) in [5.74, 6) is -0.200. The number of nitrogens with one attached hydrogen (secondary N) is 1. The van der Waals surface area contributed by atoms with Crippen LogP contribution < -0.4 is 15.9 Å². The molecule has 0 aromatic heterocycles. The van der Waals surface area contributed by atoms with E-state index in [1.807, 2.05) is 6.08 Å². The van der Waals surface area contributed by atoms with Crippen LogP contribution in [0.15, 0.2) is 12.2 Å². The van der Waals surface area contributed by atoms with E-state index in [0.717, 1.165) is 38.5 Å². The minimum Gasteiger partial charge on any atom is -0.756 e. The molecule has 9 heteroatoms. The highest BCUT2D eigenvalue weighted by Gasteiger charge is 2.22. The summed E-state index contributed by atoms with van der Waals surface area (Å²) in [7, 11) is -4.54. The maximum absolute atomic E-state index is 12.8. The van der Waals surface area contributed by atoms with Gasteiger partial charge < -0.3 is 30.1 Å². The minimum absolute atomic E-state index is 0.0707. The number of phosphoric acid groups is 1. The molecule has 0 aliphatic carbocycles. The van der Waals surface area contributed by atoms with E-state index in [0.29, 0.717) is 13.0 Å². The van der Waals surface area contributed by atoms with Crippen molar-refractivity contribution in [1.82, 2.24) is 5.32 Å². The molecule has 316 valence electrons. The smallest absolute Gasteiger partial charge is 0.268 e. The number of unbranched alkanes of at least 4 members (excludes halogenated alkanes) is 31. The van der Waals surface area contributed by atoms with E-state index in [9.17, 15) is 19.4 Å². The molecule has 0 radical (unpaired) electrons. The minimum atomic E-state index is -4.54. The van der Waals surface area contributed by atoms with Gasteiger partial charge in [0.05, 0.1) is 25.3 Å². The number of hydrogen-bond acceptors (Lipinski definition) is 6. The van der Waals surface area contributed by atoms with Crippen molar-refractivity contribution in [3.63, 3.8) is 0 Å². The third kappa shape index (κ3) is 39.3. The predicted molar refractivity (Wildman–Crippen MR) is 223 cm³/mol. The molecule has 0 aliphatic heterocycles. The molecule has 1 unspecified atom stereocenters. The van der Waals surface area contributed by atoms with E-state index in [4.69, 9.17) is 9.05 Å². The van der Waals surface area contributed by atoms with E-state index in [-0.39, 0.29) is 19.1 Å². The highest BCUT2D eigenvalue weighted by molar-refractivity contribution is 7.45. The second-order valence-electron chi connectivity index (χ2n) is 15.7. The predicted octanol–water partition coefficient (Wildman–Crippen LogP) is 11.4. The number of hydrogen-bond donors (Lipinski definition) is 3. The average Bonchev–Trinajstić information content (AvgIpc) is 3.14. The van der Waals surface area contributed by atoms with E-state index < -0.39 is 20.0 Å². The van der Waals surface area contributed by atoms with Gasteiger partial charge in [-0.1, -0.05) is 219 Å². The number of aliphatic hydroxyl groups excluding tert-OH is 1. The van der Waals surface area contributed by atoms with Gasteiger partial charge in [0, 0.05) is 6.42 Å². The zero-order valence-corrected chi connectivity index (χ0v) is 36.0. The summed E-state index contributed by atoms with van der Waals surface area (Å²) in [6.45, 7) is 4.37. The number of amides is 1. The number of rotatable bonds is 43. The summed E-state index contributed by atoms with van der Waals surface area (Å²) in [6.07, 6.45) is 45.4. The van der Waals surface area contributed by atoms with Gasteiger partial charge in [0.1, 0.15) is 6.61 Å². The van der Waals surface area contributed by atoms with Crippen LogP contribution in [-0.4, -0.2) is 42.9 Å². The molecule has 0 saturated heterocycles. The third-order valence-corrected chi connectivity index (χ3v) is 11.3. The lowest BCUT2D eigenvalue weighted by Crippen LogP contribution is -2.52. The maximum Gasteiger partial charge on any atom is 0.268 e. The van der Waals surface area contributed by atoms with Gasteiger partial charge in [0.25, 0.3) is 7.82 Å². The van der Waals surface area contributed by atoms with Crippen molar-refractivity contribution >= 4 is 13.7 Å². The second-order valence-corrected chi connectivity index (χ2v) is 17.1. The molecule has 5 N–H and O–H groups in total. The van der Waals surface area contributed by atoms with Crippen molar-refractivity contribution in [2.75, 3.05) is 19.8 Å². The molecule has 0 bridgehead atoms. The Kier molecular flexibility index (Phi) is 40.3. The molecular weight excluding hydrogens is 683 g/mol. The number of carbonyl (C=O) groups is 1. The van der Waals surface area contributed by atoms with Crippen LogP contribution in [0.5, 0.6) is 0 Å². The molecule has 0 fully saturated rings. The molecule has 53 heavy (non-hydrogen) atoms. The van der Waals surface area contributed by atoms with E-state index in [1.54, 1.807) is 6.08 Å². The Hall–Kier alpha value is -0.760. The number of allylic oxidation sites excluding steroid dienone is 1. The summed E-state index contributed by atoms with van der Waals surface area (Å²) in [5.41, 5.74) is 3.58. The van der Waals surface area contributed by atoms with Crippen molar-refractivity contribution < 1.29 is 34.1 Å². The molecule has 1 amide bonds. The molecule has 8 nitrogen and oxygen atoms in total. The van der Waals surface area contributed by atoms with Crippen LogP contribution in [0, 0.1) is 0 Å². The zero-order valence-electron chi connectivity index (χ0n) is 35.1. The van der Waals surface area contributed by atoms with Gasteiger partial charge in [-0.15, -0.1) is 0 Å². The Balaban J connectivity index is 4.08. The summed E-state index contributed by atoms with van der Waals surface area (Å²) >= 11 is 0. The largest absolute Gasteiger partial charge is 0.756 e. The summed E-state index contributed by atoms with van der Waals surface area (Å²) < 4.78 is 21.9. The van der Waals surface area contributed by atoms with Gasteiger partial charge in [0.2, 0.25) is 5.91 Å². The first kappa shape index (κ1) is 52.2. The molecule has 0 aliphatic rings. The fourth-order valence-electron chi connectivity index (χ4n) is 6.90. The maximum atomic E-state index is 12.8. The number of quaternary nitrogens is 1. The molecule has 0 saturated carbocycles. The molecule has 0 aromatic carbocycles. The van der Waals surface area contributed by atoms with Crippen LogP contribution in [0.4, 0.5) is 0 Å². The van der Waals surface area contributed by atoms with Crippen molar-refractivity contribution in [1.29, 1.82) is 0 Å². The van der Waals surface area contributed by atoms with E-state index >= 15 is 0 Å². The number of aliphatic hydroxyl groups is 1. The van der Waals surface area contributed by atoms with Crippen molar-refractivity contribution in [3.8, 4) is 0 Å². The van der Waals surface area contributed by atoms with Crippen LogP contribution in [-0.2, 0) is 18.4 Å². The van der Waals surface area contributed by atoms with E-state index in [2.05, 4.69) is 24.9 Å². The average molecular weight is 773 g/mol. The third-order valence-electron chi connectivity index (χ3n) is 10.4. The summed E-state index contributed by atoms with van der Waals surface area (Å²) in [4.78, 5) is 24.9.